The molecule has 2 aromatic rings. The van der Waals surface area contributed by atoms with Gasteiger partial charge in [-0.15, -0.1) is 0 Å². The average molecular weight is 284 g/mol. The van der Waals surface area contributed by atoms with E-state index in [1.165, 1.54) is 0 Å². The second-order valence-electron chi connectivity index (χ2n) is 5.75. The van der Waals surface area contributed by atoms with Crippen LogP contribution >= 0.6 is 0 Å². The minimum atomic E-state index is -0.161. The Hall–Kier alpha value is -2.37. The van der Waals surface area contributed by atoms with E-state index in [9.17, 15) is 9.59 Å². The topological polar surface area (TPSA) is 78.1 Å². The van der Waals surface area contributed by atoms with Crippen molar-refractivity contribution in [2.75, 3.05) is 11.9 Å². The van der Waals surface area contributed by atoms with Gasteiger partial charge in [0.2, 0.25) is 11.9 Å². The molecule has 1 aromatic carbocycles. The first-order valence-corrected chi connectivity index (χ1v) is 7.26. The minimum Gasteiger partial charge on any atom is -0.351 e. The van der Waals surface area contributed by atoms with Gasteiger partial charge in [-0.2, -0.15) is 0 Å². The molecular formula is C15H16N4O2. The zero-order chi connectivity index (χ0) is 14.4. The van der Waals surface area contributed by atoms with Crippen LogP contribution in [0.3, 0.4) is 0 Å². The summed E-state index contributed by atoms with van der Waals surface area (Å²) in [5.74, 6) is 0.632. The Morgan fingerprint density at radius 3 is 2.86 bits per heavy atom. The van der Waals surface area contributed by atoms with E-state index < -0.39 is 0 Å². The van der Waals surface area contributed by atoms with Gasteiger partial charge in [0.1, 0.15) is 0 Å². The van der Waals surface area contributed by atoms with Gasteiger partial charge in [0.15, 0.2) is 0 Å². The third kappa shape index (κ3) is 2.26. The molecule has 2 fully saturated rings. The van der Waals surface area contributed by atoms with Crippen molar-refractivity contribution in [3.05, 3.63) is 34.6 Å². The number of rotatable bonds is 3. The van der Waals surface area contributed by atoms with Gasteiger partial charge in [0, 0.05) is 19.0 Å². The first kappa shape index (κ1) is 12.4. The van der Waals surface area contributed by atoms with Crippen LogP contribution in [0.25, 0.3) is 10.9 Å². The number of H-pyrrole nitrogens is 1. The lowest BCUT2D eigenvalue weighted by Crippen LogP contribution is -2.30. The molecule has 1 saturated carbocycles. The Kier molecular flexibility index (Phi) is 2.70. The van der Waals surface area contributed by atoms with Crippen molar-refractivity contribution in [1.82, 2.24) is 14.9 Å². The number of amides is 1. The predicted octanol–water partition coefficient (Wildman–Crippen LogP) is 1.10. The van der Waals surface area contributed by atoms with E-state index in [1.54, 1.807) is 6.07 Å². The van der Waals surface area contributed by atoms with Gasteiger partial charge in [-0.3, -0.25) is 14.6 Å². The fourth-order valence-corrected chi connectivity index (χ4v) is 2.92. The number of para-hydroxylation sites is 1. The van der Waals surface area contributed by atoms with Crippen LogP contribution < -0.4 is 10.9 Å². The molecule has 21 heavy (non-hydrogen) atoms. The molecule has 1 saturated heterocycles. The molecule has 0 bridgehead atoms. The fraction of sp³-hybridized carbons (Fsp3) is 0.400. The second-order valence-corrected chi connectivity index (χ2v) is 5.75. The lowest BCUT2D eigenvalue weighted by Gasteiger charge is -2.16. The maximum atomic E-state index is 12.0. The quantitative estimate of drug-likeness (QED) is 0.884. The summed E-state index contributed by atoms with van der Waals surface area (Å²) in [4.78, 5) is 33.0. The standard InChI is InChI=1S/C15H16N4O2/c20-13-7-9(8-19(13)10-5-6-10)16-15-17-12-4-2-1-3-11(12)14(21)18-15/h1-4,9-10H,5-8H2,(H2,16,17,18,21). The van der Waals surface area contributed by atoms with Gasteiger partial charge in [0.25, 0.3) is 5.56 Å². The molecule has 2 aliphatic rings. The number of carbonyl (C=O) groups is 1. The summed E-state index contributed by atoms with van der Waals surface area (Å²) in [6.07, 6.45) is 2.69. The molecule has 2 N–H and O–H groups in total. The van der Waals surface area contributed by atoms with Crippen LogP contribution in [-0.2, 0) is 4.79 Å². The zero-order valence-electron chi connectivity index (χ0n) is 11.5. The lowest BCUT2D eigenvalue weighted by atomic mass is 10.2. The highest BCUT2D eigenvalue weighted by Crippen LogP contribution is 2.31. The van der Waals surface area contributed by atoms with Gasteiger partial charge in [-0.05, 0) is 25.0 Å². The number of fused-ring (bicyclic) bond motifs is 1. The monoisotopic (exact) mass is 284 g/mol. The van der Waals surface area contributed by atoms with Crippen LogP contribution in [0.1, 0.15) is 19.3 Å². The Labute approximate surface area is 121 Å². The van der Waals surface area contributed by atoms with E-state index in [0.717, 1.165) is 12.8 Å². The lowest BCUT2D eigenvalue weighted by molar-refractivity contribution is -0.128. The van der Waals surface area contributed by atoms with Crippen LogP contribution in [0.15, 0.2) is 29.1 Å². The maximum Gasteiger partial charge on any atom is 0.260 e. The molecule has 108 valence electrons. The number of anilines is 1. The molecule has 1 aliphatic heterocycles. The molecule has 1 amide bonds. The number of likely N-dealkylation sites (tertiary alicyclic amines) is 1. The third-order valence-corrected chi connectivity index (χ3v) is 4.10. The fourth-order valence-electron chi connectivity index (χ4n) is 2.92. The largest absolute Gasteiger partial charge is 0.351 e. The molecule has 4 rings (SSSR count). The molecule has 1 aliphatic carbocycles. The normalized spacial score (nSPS) is 22.0. The number of aromatic nitrogens is 2. The highest BCUT2D eigenvalue weighted by molar-refractivity contribution is 5.81. The SMILES string of the molecule is O=C1CC(Nc2nc3ccccc3c(=O)[nH]2)CN1C1CC1. The molecular weight excluding hydrogens is 268 g/mol. The summed E-state index contributed by atoms with van der Waals surface area (Å²) in [6, 6.07) is 7.68. The van der Waals surface area contributed by atoms with E-state index in [-0.39, 0.29) is 17.5 Å². The van der Waals surface area contributed by atoms with Crippen molar-refractivity contribution in [3.8, 4) is 0 Å². The predicted molar refractivity (Wildman–Crippen MR) is 79.1 cm³/mol. The molecule has 2 heterocycles. The first-order chi connectivity index (χ1) is 10.2. The molecule has 1 aromatic heterocycles. The highest BCUT2D eigenvalue weighted by atomic mass is 16.2. The van der Waals surface area contributed by atoms with Crippen molar-refractivity contribution >= 4 is 22.8 Å². The zero-order valence-corrected chi connectivity index (χ0v) is 11.5. The number of benzene rings is 1. The summed E-state index contributed by atoms with van der Waals surface area (Å²) in [5, 5.41) is 3.76. The Morgan fingerprint density at radius 1 is 1.24 bits per heavy atom. The van der Waals surface area contributed by atoms with Crippen molar-refractivity contribution in [2.45, 2.75) is 31.3 Å². The van der Waals surface area contributed by atoms with E-state index in [1.807, 2.05) is 23.1 Å². The highest BCUT2D eigenvalue weighted by Gasteiger charge is 2.39. The third-order valence-electron chi connectivity index (χ3n) is 4.10. The first-order valence-electron chi connectivity index (χ1n) is 7.26. The van der Waals surface area contributed by atoms with Crippen LogP contribution in [-0.4, -0.2) is 39.4 Å². The van der Waals surface area contributed by atoms with E-state index in [0.29, 0.717) is 35.9 Å². The van der Waals surface area contributed by atoms with Crippen molar-refractivity contribution in [2.24, 2.45) is 0 Å². The van der Waals surface area contributed by atoms with Crippen LogP contribution in [0.5, 0.6) is 0 Å². The van der Waals surface area contributed by atoms with Gasteiger partial charge >= 0.3 is 0 Å². The van der Waals surface area contributed by atoms with E-state index in [2.05, 4.69) is 15.3 Å². The summed E-state index contributed by atoms with van der Waals surface area (Å²) in [5.41, 5.74) is 0.499. The smallest absolute Gasteiger partial charge is 0.260 e. The molecule has 6 heteroatoms. The molecule has 1 atom stereocenters. The summed E-state index contributed by atoms with van der Waals surface area (Å²) < 4.78 is 0. The number of carbonyl (C=O) groups excluding carboxylic acids is 1. The van der Waals surface area contributed by atoms with Crippen molar-refractivity contribution < 1.29 is 4.79 Å². The Morgan fingerprint density at radius 2 is 2.05 bits per heavy atom. The Bertz CT molecular complexity index is 766. The summed E-state index contributed by atoms with van der Waals surface area (Å²) in [6.45, 7) is 0.694. The van der Waals surface area contributed by atoms with Crippen LogP contribution in [0, 0.1) is 0 Å². The number of nitrogens with one attached hydrogen (secondary N) is 2. The van der Waals surface area contributed by atoms with Gasteiger partial charge < -0.3 is 10.2 Å². The van der Waals surface area contributed by atoms with Crippen LogP contribution in [0.4, 0.5) is 5.95 Å². The second kappa shape index (κ2) is 4.58. The average Bonchev–Trinajstić information content (AvgIpc) is 3.23. The van der Waals surface area contributed by atoms with Crippen molar-refractivity contribution in [3.63, 3.8) is 0 Å². The molecule has 6 nitrogen and oxygen atoms in total. The minimum absolute atomic E-state index is 0.0161. The van der Waals surface area contributed by atoms with Gasteiger partial charge in [-0.25, -0.2) is 4.98 Å². The number of hydrogen-bond acceptors (Lipinski definition) is 4. The summed E-state index contributed by atoms with van der Waals surface area (Å²) >= 11 is 0. The van der Waals surface area contributed by atoms with E-state index in [4.69, 9.17) is 0 Å². The molecule has 0 radical (unpaired) electrons. The number of hydrogen-bond donors (Lipinski definition) is 2. The summed E-state index contributed by atoms with van der Waals surface area (Å²) in [7, 11) is 0. The Balaban J connectivity index is 1.57. The number of aromatic amines is 1. The molecule has 0 spiro atoms. The maximum absolute atomic E-state index is 12.0. The molecule has 1 unspecified atom stereocenters. The number of nitrogens with zero attached hydrogens (tertiary/aromatic N) is 2. The van der Waals surface area contributed by atoms with Gasteiger partial charge in [0.05, 0.1) is 16.9 Å². The van der Waals surface area contributed by atoms with E-state index >= 15 is 0 Å². The van der Waals surface area contributed by atoms with Crippen molar-refractivity contribution in [1.29, 1.82) is 0 Å². The van der Waals surface area contributed by atoms with Gasteiger partial charge in [-0.1, -0.05) is 12.1 Å². The van der Waals surface area contributed by atoms with Crippen LogP contribution in [0.2, 0.25) is 0 Å².